The minimum Gasteiger partial charge on any atom is -0.480 e. The highest BCUT2D eigenvalue weighted by molar-refractivity contribution is 6.32. The standard InChI is InChI=1S/C23H40N4O3.C7H6ClNO.C2H6/c1-23(2,3)30-17-16-27(15-12-20(24-4)22(28)29)14-6-5-9-19-11-10-18-8-7-13-25-21(18)26-19;1-5-2-9-3-7(8)6(5)4-10;1-2/h10-11,20,24H,5-9,12-17H2,1-4H3,(H,25,26)(H,28,29);2-4H,1H3;1-2H3. The van der Waals surface area contributed by atoms with Crippen LogP contribution in [0.1, 0.15) is 87.5 Å². The van der Waals surface area contributed by atoms with Gasteiger partial charge in [0, 0.05) is 43.3 Å². The molecule has 0 radical (unpaired) electrons. The summed E-state index contributed by atoms with van der Waals surface area (Å²) in [4.78, 5) is 32.5. The Bertz CT molecular complexity index is 1060. The van der Waals surface area contributed by atoms with Crippen LogP contribution in [0.2, 0.25) is 5.02 Å². The van der Waals surface area contributed by atoms with Crippen LogP contribution in [0.15, 0.2) is 24.5 Å². The zero-order valence-corrected chi connectivity index (χ0v) is 27.4. The maximum Gasteiger partial charge on any atom is 0.320 e. The SMILES string of the molecule is CC.CNC(CCN(CCCCc1ccc2c(n1)NCCC2)CCOC(C)(C)C)C(=O)O.Cc1cncc(Cl)c1C=O. The number of carbonyl (C=O) groups is 2. The first kappa shape index (κ1) is 37.4. The van der Waals surface area contributed by atoms with Crippen LogP contribution in [0.3, 0.4) is 0 Å². The Labute approximate surface area is 257 Å². The lowest BCUT2D eigenvalue weighted by Gasteiger charge is -2.26. The van der Waals surface area contributed by atoms with Crippen LogP contribution < -0.4 is 10.6 Å². The molecule has 2 aromatic rings. The van der Waals surface area contributed by atoms with Crippen LogP contribution in [0.5, 0.6) is 0 Å². The van der Waals surface area contributed by atoms with Crippen molar-refractivity contribution in [3.8, 4) is 0 Å². The topological polar surface area (TPSA) is 117 Å². The highest BCUT2D eigenvalue weighted by Gasteiger charge is 2.17. The van der Waals surface area contributed by atoms with Crippen LogP contribution in [0, 0.1) is 6.92 Å². The number of unbranched alkanes of at least 4 members (excludes halogenated alkanes) is 1. The second-order valence-electron chi connectivity index (χ2n) is 11.0. The number of nitrogens with zero attached hydrogens (tertiary/aromatic N) is 3. The number of halogens is 1. The Morgan fingerprint density at radius 3 is 2.55 bits per heavy atom. The van der Waals surface area contributed by atoms with Gasteiger partial charge in [-0.05, 0) is 97.0 Å². The summed E-state index contributed by atoms with van der Waals surface area (Å²) in [5, 5.41) is 16.0. The van der Waals surface area contributed by atoms with Crippen molar-refractivity contribution in [3.05, 3.63) is 51.9 Å². The summed E-state index contributed by atoms with van der Waals surface area (Å²) in [6, 6.07) is 3.86. The van der Waals surface area contributed by atoms with Gasteiger partial charge >= 0.3 is 5.97 Å². The largest absolute Gasteiger partial charge is 0.480 e. The maximum atomic E-state index is 11.3. The molecule has 1 aliphatic rings. The third kappa shape index (κ3) is 14.5. The molecule has 10 heteroatoms. The molecule has 0 aromatic carbocycles. The molecule has 42 heavy (non-hydrogen) atoms. The van der Waals surface area contributed by atoms with Crippen molar-refractivity contribution in [3.63, 3.8) is 0 Å². The van der Waals surface area contributed by atoms with Gasteiger partial charge in [0.2, 0.25) is 0 Å². The van der Waals surface area contributed by atoms with Gasteiger partial charge in [0.25, 0.3) is 0 Å². The molecule has 0 amide bonds. The number of carbonyl (C=O) groups excluding carboxylic acids is 1. The van der Waals surface area contributed by atoms with Crippen LogP contribution >= 0.6 is 11.6 Å². The number of aldehydes is 1. The summed E-state index contributed by atoms with van der Waals surface area (Å²) >= 11 is 5.64. The van der Waals surface area contributed by atoms with Crippen molar-refractivity contribution in [1.82, 2.24) is 20.2 Å². The highest BCUT2D eigenvalue weighted by Crippen LogP contribution is 2.20. The molecular formula is C32H52ClN5O4. The van der Waals surface area contributed by atoms with Crippen LogP contribution in [-0.4, -0.2) is 83.7 Å². The maximum absolute atomic E-state index is 11.3. The Kier molecular flexibility index (Phi) is 18.1. The minimum absolute atomic E-state index is 0.160. The number of anilines is 1. The first-order valence-electron chi connectivity index (χ1n) is 15.1. The Hall–Kier alpha value is -2.59. The van der Waals surface area contributed by atoms with Crippen LogP contribution in [0.25, 0.3) is 0 Å². The number of aliphatic carboxylic acids is 1. The summed E-state index contributed by atoms with van der Waals surface area (Å²) in [6.07, 6.45) is 9.77. The number of carboxylic acids is 1. The Balaban J connectivity index is 0.000000613. The third-order valence-electron chi connectivity index (χ3n) is 6.69. The molecule has 0 aliphatic carbocycles. The lowest BCUT2D eigenvalue weighted by molar-refractivity contribution is -0.139. The summed E-state index contributed by atoms with van der Waals surface area (Å²) in [5.41, 5.74) is 3.64. The van der Waals surface area contributed by atoms with E-state index in [2.05, 4.69) is 53.4 Å². The lowest BCUT2D eigenvalue weighted by atomic mass is 10.1. The predicted octanol–water partition coefficient (Wildman–Crippen LogP) is 5.82. The van der Waals surface area contributed by atoms with Crippen LogP contribution in [0.4, 0.5) is 5.82 Å². The van der Waals surface area contributed by atoms with E-state index < -0.39 is 12.0 Å². The number of pyridine rings is 2. The molecule has 0 saturated carbocycles. The number of hydrogen-bond acceptors (Lipinski definition) is 8. The van der Waals surface area contributed by atoms with Crippen molar-refractivity contribution in [2.75, 3.05) is 45.2 Å². The molecule has 9 nitrogen and oxygen atoms in total. The van der Waals surface area contributed by atoms with E-state index in [-0.39, 0.29) is 5.60 Å². The fourth-order valence-corrected chi connectivity index (χ4v) is 4.61. The number of ether oxygens (including phenoxy) is 1. The molecule has 3 rings (SSSR count). The number of nitrogens with one attached hydrogen (secondary N) is 2. The highest BCUT2D eigenvalue weighted by atomic mass is 35.5. The van der Waals surface area contributed by atoms with Crippen molar-refractivity contribution in [2.24, 2.45) is 0 Å². The van der Waals surface area contributed by atoms with E-state index in [0.717, 1.165) is 75.2 Å². The van der Waals surface area contributed by atoms with Gasteiger partial charge in [-0.3, -0.25) is 14.6 Å². The van der Waals surface area contributed by atoms with Crippen LogP contribution in [-0.2, 0) is 22.4 Å². The Morgan fingerprint density at radius 1 is 1.21 bits per heavy atom. The van der Waals surface area contributed by atoms with Crippen molar-refractivity contribution >= 4 is 29.7 Å². The van der Waals surface area contributed by atoms with Gasteiger partial charge in [0.05, 0.1) is 17.2 Å². The zero-order valence-electron chi connectivity index (χ0n) is 26.6. The molecule has 1 aliphatic heterocycles. The molecule has 1 unspecified atom stereocenters. The predicted molar refractivity (Wildman–Crippen MR) is 172 cm³/mol. The smallest absolute Gasteiger partial charge is 0.320 e. The van der Waals surface area contributed by atoms with E-state index in [1.165, 1.54) is 18.2 Å². The number of hydrogen-bond donors (Lipinski definition) is 3. The summed E-state index contributed by atoms with van der Waals surface area (Å²) in [6.45, 7) is 16.1. The molecule has 2 aromatic heterocycles. The molecule has 1 atom stereocenters. The number of aryl methyl sites for hydroxylation is 3. The number of likely N-dealkylation sites (N-methyl/N-ethyl adjacent to an activating group) is 1. The van der Waals surface area contributed by atoms with E-state index >= 15 is 0 Å². The number of fused-ring (bicyclic) bond motifs is 1. The average molecular weight is 606 g/mol. The van der Waals surface area contributed by atoms with Crippen molar-refractivity contribution in [2.45, 2.75) is 91.7 Å². The Morgan fingerprint density at radius 2 is 1.95 bits per heavy atom. The molecular weight excluding hydrogens is 554 g/mol. The van der Waals surface area contributed by atoms with Crippen molar-refractivity contribution in [1.29, 1.82) is 0 Å². The monoisotopic (exact) mass is 605 g/mol. The molecule has 3 N–H and O–H groups in total. The number of aromatic nitrogens is 2. The quantitative estimate of drug-likeness (QED) is 0.181. The first-order valence-corrected chi connectivity index (χ1v) is 15.5. The average Bonchev–Trinajstić information content (AvgIpc) is 2.96. The van der Waals surface area contributed by atoms with Gasteiger partial charge in [-0.1, -0.05) is 31.5 Å². The second-order valence-corrected chi connectivity index (χ2v) is 11.4. The molecule has 0 spiro atoms. The molecule has 0 fully saturated rings. The second kappa shape index (κ2) is 20.3. The van der Waals surface area contributed by atoms with Gasteiger partial charge in [0.1, 0.15) is 11.9 Å². The normalized spacial score (nSPS) is 13.1. The van der Waals surface area contributed by atoms with E-state index in [4.69, 9.17) is 21.3 Å². The number of rotatable bonds is 14. The minimum atomic E-state index is -0.796. The zero-order chi connectivity index (χ0) is 31.5. The van der Waals surface area contributed by atoms with E-state index in [9.17, 15) is 14.7 Å². The van der Waals surface area contributed by atoms with Gasteiger partial charge in [-0.2, -0.15) is 0 Å². The first-order chi connectivity index (χ1) is 20.0. The van der Waals surface area contributed by atoms with Gasteiger partial charge in [0.15, 0.2) is 6.29 Å². The van der Waals surface area contributed by atoms with E-state index in [1.807, 2.05) is 13.8 Å². The fourth-order valence-electron chi connectivity index (χ4n) is 4.36. The fraction of sp³-hybridized carbons (Fsp3) is 0.625. The molecule has 0 bridgehead atoms. The molecule has 236 valence electrons. The number of carboxylic acid groups (broad SMARTS) is 1. The summed E-state index contributed by atoms with van der Waals surface area (Å²) in [7, 11) is 1.70. The van der Waals surface area contributed by atoms with Gasteiger partial charge in [-0.25, -0.2) is 4.98 Å². The summed E-state index contributed by atoms with van der Waals surface area (Å²) in [5.74, 6) is 0.266. The van der Waals surface area contributed by atoms with Gasteiger partial charge in [-0.15, -0.1) is 0 Å². The lowest BCUT2D eigenvalue weighted by Crippen LogP contribution is -2.39. The molecule has 0 saturated heterocycles. The van der Waals surface area contributed by atoms with Gasteiger partial charge < -0.3 is 25.4 Å². The third-order valence-corrected chi connectivity index (χ3v) is 6.99. The van der Waals surface area contributed by atoms with Crippen molar-refractivity contribution < 1.29 is 19.4 Å². The summed E-state index contributed by atoms with van der Waals surface area (Å²) < 4.78 is 5.88. The molecule has 3 heterocycles. The van der Waals surface area contributed by atoms with E-state index in [0.29, 0.717) is 23.6 Å². The van der Waals surface area contributed by atoms with E-state index in [1.54, 1.807) is 20.2 Å².